The number of nitrogens with one attached hydrogen (secondary N) is 1. The Morgan fingerprint density at radius 2 is 2.04 bits per heavy atom. The molecule has 0 fully saturated rings. The minimum atomic E-state index is -0.931. The Hall–Kier alpha value is -2.24. The smallest absolute Gasteiger partial charge is 0.230 e. The van der Waals surface area contributed by atoms with Gasteiger partial charge in [-0.3, -0.25) is 4.79 Å². The van der Waals surface area contributed by atoms with Crippen molar-refractivity contribution in [3.63, 3.8) is 0 Å². The lowest BCUT2D eigenvalue weighted by Gasteiger charge is -2.31. The molecular weight excluding hydrogens is 319 g/mol. The Bertz CT molecular complexity index is 781. The predicted octanol–water partition coefficient (Wildman–Crippen LogP) is 2.95. The second-order valence-electron chi connectivity index (χ2n) is 7.55. The van der Waals surface area contributed by atoms with Crippen LogP contribution in [0.2, 0.25) is 0 Å². The van der Waals surface area contributed by atoms with Crippen molar-refractivity contribution in [1.82, 2.24) is 20.1 Å². The molecule has 1 amide bonds. The van der Waals surface area contributed by atoms with Gasteiger partial charge < -0.3 is 9.88 Å². The van der Waals surface area contributed by atoms with Gasteiger partial charge in [0, 0.05) is 30.5 Å². The first-order valence-corrected chi connectivity index (χ1v) is 8.78. The van der Waals surface area contributed by atoms with Gasteiger partial charge in [0.1, 0.15) is 17.5 Å². The van der Waals surface area contributed by atoms with E-state index in [9.17, 15) is 9.18 Å². The van der Waals surface area contributed by atoms with E-state index in [1.807, 2.05) is 0 Å². The highest BCUT2D eigenvalue weighted by molar-refractivity contribution is 5.87. The van der Waals surface area contributed by atoms with Crippen LogP contribution in [0.15, 0.2) is 24.3 Å². The summed E-state index contributed by atoms with van der Waals surface area (Å²) < 4.78 is 16.2. The zero-order valence-corrected chi connectivity index (χ0v) is 15.2. The molecule has 0 unspecified atom stereocenters. The molecule has 2 aromatic rings. The summed E-state index contributed by atoms with van der Waals surface area (Å²) in [5, 5.41) is 11.6. The highest BCUT2D eigenvalue weighted by atomic mass is 19.1. The number of fused-ring (bicyclic) bond motifs is 1. The number of hydrogen-bond acceptors (Lipinski definition) is 3. The molecule has 0 radical (unpaired) electrons. The highest BCUT2D eigenvalue weighted by Crippen LogP contribution is 2.27. The number of amides is 1. The van der Waals surface area contributed by atoms with Gasteiger partial charge in [-0.2, -0.15) is 0 Å². The van der Waals surface area contributed by atoms with Crippen molar-refractivity contribution in [3.8, 4) is 0 Å². The molecule has 0 saturated carbocycles. The molecule has 1 aromatic carbocycles. The third-order valence-corrected chi connectivity index (χ3v) is 4.94. The average Bonchev–Trinajstić information content (AvgIpc) is 2.98. The van der Waals surface area contributed by atoms with Crippen molar-refractivity contribution < 1.29 is 9.18 Å². The van der Waals surface area contributed by atoms with Gasteiger partial charge in [0.05, 0.1) is 5.41 Å². The Balaban J connectivity index is 1.75. The third-order valence-electron chi connectivity index (χ3n) is 4.94. The van der Waals surface area contributed by atoms with Crippen LogP contribution in [0.5, 0.6) is 0 Å². The van der Waals surface area contributed by atoms with Gasteiger partial charge in [0.25, 0.3) is 0 Å². The molecule has 1 N–H and O–H groups in total. The first kappa shape index (κ1) is 17.6. The molecule has 2 heterocycles. The van der Waals surface area contributed by atoms with E-state index in [2.05, 4.69) is 33.9 Å². The summed E-state index contributed by atoms with van der Waals surface area (Å²) in [7, 11) is 0. The molecule has 6 heteroatoms. The van der Waals surface area contributed by atoms with Gasteiger partial charge in [-0.1, -0.05) is 32.0 Å². The molecule has 1 aliphatic heterocycles. The minimum Gasteiger partial charge on any atom is -0.351 e. The molecule has 0 saturated heterocycles. The molecule has 1 aromatic heterocycles. The van der Waals surface area contributed by atoms with Crippen LogP contribution in [-0.2, 0) is 23.2 Å². The molecule has 134 valence electrons. The maximum atomic E-state index is 14.1. The van der Waals surface area contributed by atoms with Crippen LogP contribution in [0.1, 0.15) is 57.2 Å². The van der Waals surface area contributed by atoms with Crippen LogP contribution >= 0.6 is 0 Å². The van der Waals surface area contributed by atoms with Crippen molar-refractivity contribution in [2.45, 2.75) is 64.5 Å². The fourth-order valence-corrected chi connectivity index (χ4v) is 3.35. The molecule has 25 heavy (non-hydrogen) atoms. The SMILES string of the molecule is CC(C)c1nnc2n1C[C@@H](NC(=O)C(C)(C)c1ccccc1F)CC2. The van der Waals surface area contributed by atoms with E-state index in [-0.39, 0.29) is 23.7 Å². The fraction of sp³-hybridized carbons (Fsp3) is 0.526. The van der Waals surface area contributed by atoms with E-state index in [1.54, 1.807) is 32.0 Å². The number of carbonyl (C=O) groups excluding carboxylic acids is 1. The van der Waals surface area contributed by atoms with Crippen LogP contribution < -0.4 is 5.32 Å². The number of halogens is 1. The van der Waals surface area contributed by atoms with Gasteiger partial charge in [-0.25, -0.2) is 4.39 Å². The van der Waals surface area contributed by atoms with E-state index >= 15 is 0 Å². The first-order valence-electron chi connectivity index (χ1n) is 8.78. The number of aromatic nitrogens is 3. The number of aryl methyl sites for hydroxylation is 1. The van der Waals surface area contributed by atoms with E-state index in [4.69, 9.17) is 0 Å². The minimum absolute atomic E-state index is 0.000418. The lowest BCUT2D eigenvalue weighted by atomic mass is 9.83. The predicted molar refractivity (Wildman–Crippen MR) is 93.8 cm³/mol. The summed E-state index contributed by atoms with van der Waals surface area (Å²) in [6, 6.07) is 6.45. The highest BCUT2D eigenvalue weighted by Gasteiger charge is 2.34. The number of benzene rings is 1. The van der Waals surface area contributed by atoms with E-state index in [0.717, 1.165) is 24.5 Å². The van der Waals surface area contributed by atoms with Gasteiger partial charge in [0.15, 0.2) is 0 Å². The zero-order valence-electron chi connectivity index (χ0n) is 15.2. The monoisotopic (exact) mass is 344 g/mol. The largest absolute Gasteiger partial charge is 0.351 e. The molecule has 0 bridgehead atoms. The lowest BCUT2D eigenvalue weighted by Crippen LogP contribution is -2.48. The molecule has 1 atom stereocenters. The summed E-state index contributed by atoms with van der Waals surface area (Å²) in [6.07, 6.45) is 1.60. The topological polar surface area (TPSA) is 59.8 Å². The van der Waals surface area contributed by atoms with Crippen molar-refractivity contribution in [3.05, 3.63) is 47.3 Å². The molecule has 0 aliphatic carbocycles. The lowest BCUT2D eigenvalue weighted by molar-refractivity contribution is -0.126. The van der Waals surface area contributed by atoms with Gasteiger partial charge in [-0.05, 0) is 26.3 Å². The molecule has 1 aliphatic rings. The quantitative estimate of drug-likeness (QED) is 0.928. The second-order valence-corrected chi connectivity index (χ2v) is 7.55. The fourth-order valence-electron chi connectivity index (χ4n) is 3.35. The maximum absolute atomic E-state index is 14.1. The summed E-state index contributed by atoms with van der Waals surface area (Å²) in [6.45, 7) is 8.34. The van der Waals surface area contributed by atoms with E-state index in [1.165, 1.54) is 6.07 Å². The van der Waals surface area contributed by atoms with E-state index in [0.29, 0.717) is 12.1 Å². The van der Waals surface area contributed by atoms with Crippen LogP contribution in [-0.4, -0.2) is 26.7 Å². The van der Waals surface area contributed by atoms with Crippen LogP contribution in [0.4, 0.5) is 4.39 Å². The Morgan fingerprint density at radius 3 is 2.72 bits per heavy atom. The van der Waals surface area contributed by atoms with Crippen molar-refractivity contribution in [2.75, 3.05) is 0 Å². The van der Waals surface area contributed by atoms with Gasteiger partial charge >= 0.3 is 0 Å². The number of hydrogen-bond donors (Lipinski definition) is 1. The number of nitrogens with zero attached hydrogens (tertiary/aromatic N) is 3. The van der Waals surface area contributed by atoms with Crippen LogP contribution in [0.25, 0.3) is 0 Å². The number of carbonyl (C=O) groups is 1. The van der Waals surface area contributed by atoms with Crippen molar-refractivity contribution in [1.29, 1.82) is 0 Å². The third kappa shape index (κ3) is 3.30. The van der Waals surface area contributed by atoms with Crippen molar-refractivity contribution >= 4 is 5.91 Å². The molecular formula is C19H25FN4O. The first-order chi connectivity index (χ1) is 11.8. The molecule has 3 rings (SSSR count). The van der Waals surface area contributed by atoms with E-state index < -0.39 is 5.41 Å². The average molecular weight is 344 g/mol. The molecule has 0 spiro atoms. The summed E-state index contributed by atoms with van der Waals surface area (Å²) in [5.74, 6) is 1.69. The number of rotatable bonds is 4. The maximum Gasteiger partial charge on any atom is 0.230 e. The van der Waals surface area contributed by atoms with Crippen LogP contribution in [0, 0.1) is 5.82 Å². The second kappa shape index (κ2) is 6.58. The molecule has 5 nitrogen and oxygen atoms in total. The zero-order chi connectivity index (χ0) is 18.2. The summed E-state index contributed by atoms with van der Waals surface area (Å²) >= 11 is 0. The Morgan fingerprint density at radius 1 is 1.32 bits per heavy atom. The van der Waals surface area contributed by atoms with Crippen molar-refractivity contribution in [2.24, 2.45) is 0 Å². The standard InChI is InChI=1S/C19H25FN4O/c1-12(2)17-23-22-16-10-9-13(11-24(16)17)21-18(25)19(3,4)14-7-5-6-8-15(14)20/h5-8,12-13H,9-11H2,1-4H3,(H,21,25)/t13-/m0/s1. The summed E-state index contributed by atoms with van der Waals surface area (Å²) in [5.41, 5.74) is -0.518. The van der Waals surface area contributed by atoms with Crippen LogP contribution in [0.3, 0.4) is 0 Å². The Labute approximate surface area is 147 Å². The van der Waals surface area contributed by atoms with Gasteiger partial charge in [0.2, 0.25) is 5.91 Å². The Kier molecular flexibility index (Phi) is 4.62. The summed E-state index contributed by atoms with van der Waals surface area (Å²) in [4.78, 5) is 12.8. The van der Waals surface area contributed by atoms with Gasteiger partial charge in [-0.15, -0.1) is 10.2 Å². The normalized spacial score (nSPS) is 17.4.